The molecule has 0 aliphatic carbocycles. The molecular weight excluding hydrogens is 190 g/mol. The zero-order valence-corrected chi connectivity index (χ0v) is 10.2. The van der Waals surface area contributed by atoms with Crippen LogP contribution in [-0.4, -0.2) is 11.2 Å². The van der Waals surface area contributed by atoms with E-state index in [9.17, 15) is 0 Å². The maximum absolute atomic E-state index is 4.59. The van der Waals surface area contributed by atoms with Gasteiger partial charge in [-0.2, -0.15) is 0 Å². The first kappa shape index (κ1) is 11.3. The normalized spacial score (nSPS) is 10.3. The van der Waals surface area contributed by atoms with E-state index in [0.717, 1.165) is 23.4 Å². The minimum atomic E-state index is 0.961. The molecule has 76 valence electrons. The predicted octanol–water partition coefficient (Wildman–Crippen LogP) is 3.84. The fourth-order valence-electron chi connectivity index (χ4n) is 1.26. The second-order valence-electron chi connectivity index (χ2n) is 3.40. The molecule has 0 aromatic carbocycles. The molecule has 14 heavy (non-hydrogen) atoms. The molecule has 1 aromatic rings. The predicted molar refractivity (Wildman–Crippen MR) is 64.8 cm³/mol. The van der Waals surface area contributed by atoms with Crippen LogP contribution in [0.15, 0.2) is 17.5 Å². The van der Waals surface area contributed by atoms with Crippen LogP contribution in [0.1, 0.15) is 30.3 Å². The smallest absolute Gasteiger partial charge is 0.0794 e. The van der Waals surface area contributed by atoms with Crippen molar-refractivity contribution in [3.05, 3.63) is 29.6 Å². The third-order valence-electron chi connectivity index (χ3n) is 2.41. The minimum absolute atomic E-state index is 0.961. The van der Waals surface area contributed by atoms with Gasteiger partial charge in [0, 0.05) is 10.6 Å². The summed E-state index contributed by atoms with van der Waals surface area (Å²) < 4.78 is 0. The number of pyridine rings is 1. The molecule has 0 aliphatic heterocycles. The van der Waals surface area contributed by atoms with Gasteiger partial charge in [-0.25, -0.2) is 0 Å². The summed E-state index contributed by atoms with van der Waals surface area (Å²) in [5.74, 6) is 0. The van der Waals surface area contributed by atoms with Crippen LogP contribution in [0.4, 0.5) is 0 Å². The number of hydrogen-bond acceptors (Lipinski definition) is 2. The van der Waals surface area contributed by atoms with Gasteiger partial charge in [-0.05, 0) is 43.7 Å². The van der Waals surface area contributed by atoms with Crippen LogP contribution in [0.5, 0.6) is 0 Å². The first-order valence-corrected chi connectivity index (χ1v) is 6.03. The molecule has 1 rings (SSSR count). The molecule has 0 fully saturated rings. The van der Waals surface area contributed by atoms with Crippen LogP contribution in [-0.2, 0) is 0 Å². The second kappa shape index (κ2) is 4.65. The van der Waals surface area contributed by atoms with Crippen molar-refractivity contribution in [2.24, 2.45) is 0 Å². The number of thioether (sulfide) groups is 1. The molecule has 0 amide bonds. The summed E-state index contributed by atoms with van der Waals surface area (Å²) in [6.45, 7) is 10.3. The minimum Gasteiger partial charge on any atom is -0.252 e. The van der Waals surface area contributed by atoms with Gasteiger partial charge in [0.25, 0.3) is 0 Å². The largest absolute Gasteiger partial charge is 0.252 e. The molecule has 0 saturated carbocycles. The zero-order valence-electron chi connectivity index (χ0n) is 9.35. The molecule has 1 nitrogen and oxygen atoms in total. The van der Waals surface area contributed by atoms with Gasteiger partial charge in [-0.15, -0.1) is 11.8 Å². The van der Waals surface area contributed by atoms with Gasteiger partial charge in [0.1, 0.15) is 0 Å². The number of aryl methyl sites for hydroxylation is 2. The van der Waals surface area contributed by atoms with Crippen LogP contribution in [0.2, 0.25) is 0 Å². The molecule has 1 aromatic heterocycles. The Morgan fingerprint density at radius 3 is 2.64 bits per heavy atom. The Morgan fingerprint density at radius 2 is 2.14 bits per heavy atom. The highest BCUT2D eigenvalue weighted by atomic mass is 32.2. The summed E-state index contributed by atoms with van der Waals surface area (Å²) in [5, 5.41) is 0. The number of nitrogens with zero attached hydrogens (tertiary/aromatic N) is 1. The standard InChI is InChI=1S/C12H17NS/c1-6-8(2)12-11(14-5)7-9(3)10(4)13-12/h7H,2,6H2,1,3-5H3. The van der Waals surface area contributed by atoms with Crippen LogP contribution in [0, 0.1) is 13.8 Å². The topological polar surface area (TPSA) is 12.9 Å². The molecule has 0 unspecified atom stereocenters. The Hall–Kier alpha value is -0.760. The highest BCUT2D eigenvalue weighted by Crippen LogP contribution is 2.27. The summed E-state index contributed by atoms with van der Waals surface area (Å²) >= 11 is 1.74. The van der Waals surface area contributed by atoms with E-state index in [1.54, 1.807) is 11.8 Å². The van der Waals surface area contributed by atoms with Crippen LogP contribution in [0.3, 0.4) is 0 Å². The third kappa shape index (κ3) is 2.18. The van der Waals surface area contributed by atoms with Crippen molar-refractivity contribution in [1.29, 1.82) is 0 Å². The summed E-state index contributed by atoms with van der Waals surface area (Å²) in [7, 11) is 0. The molecule has 0 spiro atoms. The van der Waals surface area contributed by atoms with Gasteiger partial charge in [0.2, 0.25) is 0 Å². The van der Waals surface area contributed by atoms with E-state index in [4.69, 9.17) is 0 Å². The van der Waals surface area contributed by atoms with Gasteiger partial charge in [-0.3, -0.25) is 4.98 Å². The second-order valence-corrected chi connectivity index (χ2v) is 4.25. The van der Waals surface area contributed by atoms with E-state index < -0.39 is 0 Å². The van der Waals surface area contributed by atoms with E-state index in [-0.39, 0.29) is 0 Å². The Bertz CT molecular complexity index is 356. The fourth-order valence-corrected chi connectivity index (χ4v) is 1.93. The average Bonchev–Trinajstić information content (AvgIpc) is 2.20. The number of aromatic nitrogens is 1. The maximum atomic E-state index is 4.59. The highest BCUT2D eigenvalue weighted by Gasteiger charge is 2.08. The lowest BCUT2D eigenvalue weighted by molar-refractivity contribution is 1.05. The van der Waals surface area contributed by atoms with Gasteiger partial charge in [0.05, 0.1) is 5.69 Å². The lowest BCUT2D eigenvalue weighted by Gasteiger charge is -2.10. The molecule has 0 N–H and O–H groups in total. The van der Waals surface area contributed by atoms with E-state index in [0.29, 0.717) is 0 Å². The molecule has 0 atom stereocenters. The lowest BCUT2D eigenvalue weighted by Crippen LogP contribution is -1.96. The van der Waals surface area contributed by atoms with E-state index in [1.807, 2.05) is 6.92 Å². The Morgan fingerprint density at radius 1 is 1.50 bits per heavy atom. The zero-order chi connectivity index (χ0) is 10.7. The van der Waals surface area contributed by atoms with Crippen molar-refractivity contribution in [3.63, 3.8) is 0 Å². The monoisotopic (exact) mass is 207 g/mol. The van der Waals surface area contributed by atoms with E-state index >= 15 is 0 Å². The number of hydrogen-bond donors (Lipinski definition) is 0. The van der Waals surface area contributed by atoms with Crippen molar-refractivity contribution in [2.45, 2.75) is 32.1 Å². The quantitative estimate of drug-likeness (QED) is 0.698. The molecule has 1 heterocycles. The van der Waals surface area contributed by atoms with Crippen molar-refractivity contribution in [1.82, 2.24) is 4.98 Å². The Balaban J connectivity index is 3.27. The first-order chi connectivity index (χ1) is 6.60. The van der Waals surface area contributed by atoms with Crippen LogP contribution >= 0.6 is 11.8 Å². The summed E-state index contributed by atoms with van der Waals surface area (Å²) in [5.41, 5.74) is 4.55. The Labute approximate surface area is 90.6 Å². The van der Waals surface area contributed by atoms with Gasteiger partial charge in [-0.1, -0.05) is 13.5 Å². The molecule has 0 radical (unpaired) electrons. The first-order valence-electron chi connectivity index (χ1n) is 4.80. The van der Waals surface area contributed by atoms with Crippen molar-refractivity contribution in [2.75, 3.05) is 6.26 Å². The Kier molecular flexibility index (Phi) is 3.76. The van der Waals surface area contributed by atoms with Crippen molar-refractivity contribution < 1.29 is 0 Å². The summed E-state index contributed by atoms with van der Waals surface area (Å²) in [4.78, 5) is 5.83. The molecule has 0 saturated heterocycles. The highest BCUT2D eigenvalue weighted by molar-refractivity contribution is 7.98. The lowest BCUT2D eigenvalue weighted by atomic mass is 10.1. The van der Waals surface area contributed by atoms with Crippen molar-refractivity contribution in [3.8, 4) is 0 Å². The van der Waals surface area contributed by atoms with Gasteiger partial charge >= 0.3 is 0 Å². The summed E-state index contributed by atoms with van der Waals surface area (Å²) in [6, 6.07) is 2.20. The van der Waals surface area contributed by atoms with Gasteiger partial charge < -0.3 is 0 Å². The van der Waals surface area contributed by atoms with Crippen LogP contribution in [0.25, 0.3) is 5.57 Å². The molecule has 2 heteroatoms. The molecule has 0 bridgehead atoms. The van der Waals surface area contributed by atoms with Crippen molar-refractivity contribution >= 4 is 17.3 Å². The van der Waals surface area contributed by atoms with E-state index in [1.165, 1.54) is 10.5 Å². The SMILES string of the molecule is C=C(CC)c1nc(C)c(C)cc1SC. The van der Waals surface area contributed by atoms with Crippen LogP contribution < -0.4 is 0 Å². The molecule has 0 aliphatic rings. The third-order valence-corrected chi connectivity index (χ3v) is 3.16. The molecular formula is C12H17NS. The summed E-state index contributed by atoms with van der Waals surface area (Å²) in [6.07, 6.45) is 3.04. The van der Waals surface area contributed by atoms with E-state index in [2.05, 4.69) is 37.7 Å². The number of rotatable bonds is 3. The van der Waals surface area contributed by atoms with Gasteiger partial charge in [0.15, 0.2) is 0 Å². The maximum Gasteiger partial charge on any atom is 0.0794 e. The fraction of sp³-hybridized carbons (Fsp3) is 0.417. The average molecular weight is 207 g/mol. The number of allylic oxidation sites excluding steroid dienone is 1.